The molecular weight excluding hydrogens is 324 g/mol. The number of aromatic nitrogens is 2. The van der Waals surface area contributed by atoms with E-state index in [0.717, 1.165) is 43.6 Å². The average Bonchev–Trinajstić information content (AvgIpc) is 2.63. The summed E-state index contributed by atoms with van der Waals surface area (Å²) in [4.78, 5) is 11.0. The number of benzene rings is 1. The molecule has 1 aromatic heterocycles. The van der Waals surface area contributed by atoms with Gasteiger partial charge in [-0.15, -0.1) is 0 Å². The highest BCUT2D eigenvalue weighted by atomic mass is 35.5. The van der Waals surface area contributed by atoms with Crippen LogP contribution < -0.4 is 5.32 Å². The van der Waals surface area contributed by atoms with Gasteiger partial charge in [0.25, 0.3) is 0 Å². The van der Waals surface area contributed by atoms with E-state index in [1.807, 2.05) is 12.1 Å². The van der Waals surface area contributed by atoms with Crippen LogP contribution in [-0.2, 0) is 4.74 Å². The largest absolute Gasteiger partial charge is 0.379 e. The minimum atomic E-state index is 0.140. The lowest BCUT2D eigenvalue weighted by Crippen LogP contribution is -2.43. The van der Waals surface area contributed by atoms with Crippen molar-refractivity contribution >= 4 is 11.6 Å². The molecule has 2 unspecified atom stereocenters. The van der Waals surface area contributed by atoms with Gasteiger partial charge in [0.2, 0.25) is 0 Å². The van der Waals surface area contributed by atoms with Crippen LogP contribution in [0.15, 0.2) is 42.9 Å². The van der Waals surface area contributed by atoms with E-state index in [0.29, 0.717) is 0 Å². The van der Waals surface area contributed by atoms with E-state index >= 15 is 0 Å². The second-order valence-electron chi connectivity index (χ2n) is 5.98. The van der Waals surface area contributed by atoms with Gasteiger partial charge < -0.3 is 10.1 Å². The predicted molar refractivity (Wildman–Crippen MR) is 95.0 cm³/mol. The van der Waals surface area contributed by atoms with Gasteiger partial charge in [-0.25, -0.2) is 0 Å². The molecule has 1 aliphatic heterocycles. The van der Waals surface area contributed by atoms with Crippen LogP contribution >= 0.6 is 11.6 Å². The van der Waals surface area contributed by atoms with Gasteiger partial charge in [0.05, 0.1) is 18.9 Å². The van der Waals surface area contributed by atoms with Gasteiger partial charge in [-0.05, 0) is 24.6 Å². The zero-order chi connectivity index (χ0) is 16.8. The summed E-state index contributed by atoms with van der Waals surface area (Å²) >= 11 is 6.20. The third-order valence-electron chi connectivity index (χ3n) is 4.36. The van der Waals surface area contributed by atoms with Crippen molar-refractivity contribution in [2.24, 2.45) is 0 Å². The molecule has 1 N–H and O–H groups in total. The maximum absolute atomic E-state index is 6.20. The average molecular weight is 347 g/mol. The smallest absolute Gasteiger partial charge is 0.0753 e. The van der Waals surface area contributed by atoms with Crippen molar-refractivity contribution in [1.82, 2.24) is 20.2 Å². The molecule has 2 aromatic rings. The Kier molecular flexibility index (Phi) is 6.15. The van der Waals surface area contributed by atoms with Crippen LogP contribution in [0.5, 0.6) is 0 Å². The molecule has 2 heterocycles. The molecule has 128 valence electrons. The minimum absolute atomic E-state index is 0.140. The number of morpholine rings is 1. The van der Waals surface area contributed by atoms with Gasteiger partial charge in [0.1, 0.15) is 0 Å². The Hall–Kier alpha value is -1.53. The lowest BCUT2D eigenvalue weighted by Gasteiger charge is -2.35. The fourth-order valence-electron chi connectivity index (χ4n) is 2.99. The number of hydrogen-bond donors (Lipinski definition) is 1. The van der Waals surface area contributed by atoms with Crippen molar-refractivity contribution in [3.63, 3.8) is 0 Å². The highest BCUT2D eigenvalue weighted by molar-refractivity contribution is 6.30. The highest BCUT2D eigenvalue weighted by Gasteiger charge is 2.23. The van der Waals surface area contributed by atoms with Gasteiger partial charge in [0, 0.05) is 55.3 Å². The van der Waals surface area contributed by atoms with E-state index in [9.17, 15) is 0 Å². The number of halogens is 1. The molecule has 0 spiro atoms. The lowest BCUT2D eigenvalue weighted by molar-refractivity contribution is 0.0157. The van der Waals surface area contributed by atoms with E-state index in [2.05, 4.69) is 39.2 Å². The number of rotatable bonds is 6. The Morgan fingerprint density at radius 1 is 1.29 bits per heavy atom. The Labute approximate surface area is 148 Å². The fourth-order valence-corrected chi connectivity index (χ4v) is 3.19. The standard InChI is InChI=1S/C18H23ClN4O/c1-14(17-12-20-5-6-21-17)22-13-18(23-7-9-24-10-8-23)15-3-2-4-16(19)11-15/h2-6,11-12,14,18,22H,7-10,13H2,1H3. The molecule has 0 bridgehead atoms. The maximum Gasteiger partial charge on any atom is 0.0753 e. The van der Waals surface area contributed by atoms with Gasteiger partial charge in [0.15, 0.2) is 0 Å². The molecule has 0 saturated carbocycles. The zero-order valence-electron chi connectivity index (χ0n) is 13.9. The van der Waals surface area contributed by atoms with Crippen LogP contribution in [-0.4, -0.2) is 47.7 Å². The highest BCUT2D eigenvalue weighted by Crippen LogP contribution is 2.24. The second-order valence-corrected chi connectivity index (χ2v) is 6.42. The summed E-state index contributed by atoms with van der Waals surface area (Å²) in [5.74, 6) is 0. The van der Waals surface area contributed by atoms with Crippen LogP contribution in [0.3, 0.4) is 0 Å². The van der Waals surface area contributed by atoms with Crippen LogP contribution in [0.1, 0.15) is 30.3 Å². The number of nitrogens with zero attached hydrogens (tertiary/aromatic N) is 3. The van der Waals surface area contributed by atoms with E-state index in [1.54, 1.807) is 18.6 Å². The summed E-state index contributed by atoms with van der Waals surface area (Å²) < 4.78 is 5.50. The first-order valence-corrected chi connectivity index (χ1v) is 8.68. The Balaban J connectivity index is 1.72. The van der Waals surface area contributed by atoms with Crippen LogP contribution in [0.2, 0.25) is 5.02 Å². The molecular formula is C18H23ClN4O. The van der Waals surface area contributed by atoms with Crippen molar-refractivity contribution in [3.05, 3.63) is 59.1 Å². The monoisotopic (exact) mass is 346 g/mol. The van der Waals surface area contributed by atoms with E-state index in [-0.39, 0.29) is 12.1 Å². The van der Waals surface area contributed by atoms with Crippen LogP contribution in [0, 0.1) is 0 Å². The normalized spacial score (nSPS) is 18.2. The summed E-state index contributed by atoms with van der Waals surface area (Å²) in [6.45, 7) is 6.33. The molecule has 1 aliphatic rings. The third-order valence-corrected chi connectivity index (χ3v) is 4.60. The van der Waals surface area contributed by atoms with Crippen molar-refractivity contribution in [2.45, 2.75) is 19.0 Å². The minimum Gasteiger partial charge on any atom is -0.379 e. The quantitative estimate of drug-likeness (QED) is 0.871. The number of hydrogen-bond acceptors (Lipinski definition) is 5. The number of nitrogens with one attached hydrogen (secondary N) is 1. The Bertz CT molecular complexity index is 634. The van der Waals surface area contributed by atoms with Gasteiger partial charge in [-0.3, -0.25) is 14.9 Å². The molecule has 0 amide bonds. The molecule has 0 radical (unpaired) electrons. The van der Waals surface area contributed by atoms with Crippen molar-refractivity contribution < 1.29 is 4.74 Å². The topological polar surface area (TPSA) is 50.3 Å². The fraction of sp³-hybridized carbons (Fsp3) is 0.444. The molecule has 6 heteroatoms. The lowest BCUT2D eigenvalue weighted by atomic mass is 10.0. The molecule has 1 aromatic carbocycles. The van der Waals surface area contributed by atoms with Gasteiger partial charge in [-0.1, -0.05) is 23.7 Å². The van der Waals surface area contributed by atoms with E-state index in [1.165, 1.54) is 5.56 Å². The first-order chi connectivity index (χ1) is 11.7. The molecule has 0 aliphatic carbocycles. The molecule has 1 saturated heterocycles. The first kappa shape index (κ1) is 17.3. The van der Waals surface area contributed by atoms with Crippen molar-refractivity contribution in [3.8, 4) is 0 Å². The van der Waals surface area contributed by atoms with Crippen molar-refractivity contribution in [2.75, 3.05) is 32.8 Å². The molecule has 1 fully saturated rings. The summed E-state index contributed by atoms with van der Waals surface area (Å²) in [5.41, 5.74) is 2.17. The van der Waals surface area contributed by atoms with Gasteiger partial charge in [-0.2, -0.15) is 0 Å². The number of ether oxygens (including phenoxy) is 1. The van der Waals surface area contributed by atoms with Crippen molar-refractivity contribution in [1.29, 1.82) is 0 Å². The Morgan fingerprint density at radius 2 is 2.12 bits per heavy atom. The van der Waals surface area contributed by atoms with E-state index in [4.69, 9.17) is 16.3 Å². The summed E-state index contributed by atoms with van der Waals surface area (Å²) in [6, 6.07) is 8.51. The molecule has 24 heavy (non-hydrogen) atoms. The molecule has 3 rings (SSSR count). The molecule has 5 nitrogen and oxygen atoms in total. The zero-order valence-corrected chi connectivity index (χ0v) is 14.6. The summed E-state index contributed by atoms with van der Waals surface area (Å²) in [6.07, 6.45) is 5.23. The van der Waals surface area contributed by atoms with Crippen LogP contribution in [0.25, 0.3) is 0 Å². The maximum atomic E-state index is 6.20. The predicted octanol–water partition coefficient (Wildman–Crippen LogP) is 2.85. The van der Waals surface area contributed by atoms with Crippen LogP contribution in [0.4, 0.5) is 0 Å². The van der Waals surface area contributed by atoms with Gasteiger partial charge >= 0.3 is 0 Å². The van der Waals surface area contributed by atoms with E-state index < -0.39 is 0 Å². The molecule has 2 atom stereocenters. The first-order valence-electron chi connectivity index (χ1n) is 8.30. The SMILES string of the molecule is CC(NCC(c1cccc(Cl)c1)N1CCOCC1)c1cnccn1. The third kappa shape index (κ3) is 4.51. The second kappa shape index (κ2) is 8.53. The summed E-state index contributed by atoms with van der Waals surface area (Å²) in [7, 11) is 0. The Morgan fingerprint density at radius 3 is 2.83 bits per heavy atom. The summed E-state index contributed by atoms with van der Waals surface area (Å²) in [5, 5.41) is 4.36.